The summed E-state index contributed by atoms with van der Waals surface area (Å²) in [6.45, 7) is 3.10. The van der Waals surface area contributed by atoms with E-state index in [2.05, 4.69) is 118 Å². The van der Waals surface area contributed by atoms with Gasteiger partial charge in [0.15, 0.2) is 0 Å². The highest BCUT2D eigenvalue weighted by atomic mass is 79.9. The third-order valence-corrected chi connectivity index (χ3v) is 6.16. The monoisotopic (exact) mass is 439 g/mol. The van der Waals surface area contributed by atoms with E-state index in [4.69, 9.17) is 0 Å². The first-order valence-corrected chi connectivity index (χ1v) is 10.9. The van der Waals surface area contributed by atoms with Crippen molar-refractivity contribution in [2.45, 2.75) is 19.9 Å². The SMILES string of the molecule is CCc1cc(-c2ccccc2)c2c3cc(Br)ccc3n(Cc3ccccc3)c2c1. The summed E-state index contributed by atoms with van der Waals surface area (Å²) in [5.41, 5.74) is 7.85. The van der Waals surface area contributed by atoms with Gasteiger partial charge in [0.25, 0.3) is 0 Å². The highest BCUT2D eigenvalue weighted by Crippen LogP contribution is 2.39. The first-order valence-electron chi connectivity index (χ1n) is 10.1. The molecular formula is C27H22BrN. The molecule has 0 aliphatic carbocycles. The van der Waals surface area contributed by atoms with Crippen molar-refractivity contribution in [1.82, 2.24) is 4.57 Å². The largest absolute Gasteiger partial charge is 0.336 e. The van der Waals surface area contributed by atoms with Gasteiger partial charge in [-0.1, -0.05) is 89.6 Å². The molecule has 0 unspecified atom stereocenters. The van der Waals surface area contributed by atoms with Gasteiger partial charge in [0, 0.05) is 27.3 Å². The molecule has 5 aromatic rings. The summed E-state index contributed by atoms with van der Waals surface area (Å²) >= 11 is 3.69. The van der Waals surface area contributed by atoms with Crippen LogP contribution in [0.25, 0.3) is 32.9 Å². The van der Waals surface area contributed by atoms with Gasteiger partial charge in [-0.15, -0.1) is 0 Å². The van der Waals surface area contributed by atoms with Gasteiger partial charge >= 0.3 is 0 Å². The van der Waals surface area contributed by atoms with Gasteiger partial charge in [-0.3, -0.25) is 0 Å². The minimum Gasteiger partial charge on any atom is -0.336 e. The maximum Gasteiger partial charge on any atom is 0.0503 e. The first-order chi connectivity index (χ1) is 14.2. The molecule has 0 aliphatic heterocycles. The van der Waals surface area contributed by atoms with Crippen molar-refractivity contribution in [3.63, 3.8) is 0 Å². The number of fused-ring (bicyclic) bond motifs is 3. The van der Waals surface area contributed by atoms with Gasteiger partial charge in [-0.05, 0) is 52.9 Å². The van der Waals surface area contributed by atoms with Crippen LogP contribution >= 0.6 is 15.9 Å². The van der Waals surface area contributed by atoms with E-state index in [1.54, 1.807) is 0 Å². The topological polar surface area (TPSA) is 4.93 Å². The number of halogens is 1. The van der Waals surface area contributed by atoms with Gasteiger partial charge in [-0.25, -0.2) is 0 Å². The maximum atomic E-state index is 3.69. The van der Waals surface area contributed by atoms with Gasteiger partial charge in [0.1, 0.15) is 0 Å². The molecule has 142 valence electrons. The van der Waals surface area contributed by atoms with Crippen LogP contribution in [0.3, 0.4) is 0 Å². The lowest BCUT2D eigenvalue weighted by molar-refractivity contribution is 0.868. The molecule has 4 aromatic carbocycles. The number of aromatic nitrogens is 1. The zero-order valence-corrected chi connectivity index (χ0v) is 18.0. The molecule has 0 aliphatic rings. The fraction of sp³-hybridized carbons (Fsp3) is 0.111. The Labute approximate surface area is 179 Å². The normalized spacial score (nSPS) is 11.4. The number of rotatable bonds is 4. The Morgan fingerprint density at radius 1 is 0.724 bits per heavy atom. The van der Waals surface area contributed by atoms with Gasteiger partial charge in [0.05, 0.1) is 5.52 Å². The number of benzene rings is 4. The lowest BCUT2D eigenvalue weighted by Crippen LogP contribution is -1.99. The zero-order valence-electron chi connectivity index (χ0n) is 16.4. The van der Waals surface area contributed by atoms with Crippen LogP contribution in [-0.4, -0.2) is 4.57 Å². The maximum absolute atomic E-state index is 3.69. The number of hydrogen-bond donors (Lipinski definition) is 0. The molecule has 0 atom stereocenters. The first kappa shape index (κ1) is 18.2. The predicted molar refractivity (Wildman–Crippen MR) is 128 cm³/mol. The molecule has 1 nitrogen and oxygen atoms in total. The van der Waals surface area contributed by atoms with E-state index in [-0.39, 0.29) is 0 Å². The summed E-state index contributed by atoms with van der Waals surface area (Å²) in [7, 11) is 0. The van der Waals surface area contributed by atoms with Crippen molar-refractivity contribution in [3.8, 4) is 11.1 Å². The molecule has 2 heteroatoms. The summed E-state index contributed by atoms with van der Waals surface area (Å²) in [5, 5.41) is 2.63. The smallest absolute Gasteiger partial charge is 0.0503 e. The van der Waals surface area contributed by atoms with Crippen molar-refractivity contribution in [1.29, 1.82) is 0 Å². The van der Waals surface area contributed by atoms with Crippen LogP contribution in [0.5, 0.6) is 0 Å². The molecule has 0 amide bonds. The second-order valence-electron chi connectivity index (χ2n) is 7.49. The lowest BCUT2D eigenvalue weighted by Gasteiger charge is -2.11. The summed E-state index contributed by atoms with van der Waals surface area (Å²) in [5.74, 6) is 0. The summed E-state index contributed by atoms with van der Waals surface area (Å²) < 4.78 is 3.58. The van der Waals surface area contributed by atoms with Crippen LogP contribution in [0, 0.1) is 0 Å². The minimum atomic E-state index is 0.865. The number of hydrogen-bond acceptors (Lipinski definition) is 0. The zero-order chi connectivity index (χ0) is 19.8. The average Bonchev–Trinajstić information content (AvgIpc) is 3.07. The predicted octanol–water partition coefficient (Wildman–Crippen LogP) is 7.83. The summed E-state index contributed by atoms with van der Waals surface area (Å²) in [6.07, 6.45) is 1.02. The molecule has 5 rings (SSSR count). The fourth-order valence-electron chi connectivity index (χ4n) is 4.24. The Balaban J connectivity index is 1.89. The summed E-state index contributed by atoms with van der Waals surface area (Å²) in [4.78, 5) is 0. The molecule has 0 N–H and O–H groups in total. The minimum absolute atomic E-state index is 0.865. The Morgan fingerprint density at radius 2 is 1.45 bits per heavy atom. The van der Waals surface area contributed by atoms with Crippen LogP contribution < -0.4 is 0 Å². The van der Waals surface area contributed by atoms with Gasteiger partial charge < -0.3 is 4.57 Å². The van der Waals surface area contributed by atoms with Crippen LogP contribution in [0.1, 0.15) is 18.1 Å². The van der Waals surface area contributed by atoms with Crippen molar-refractivity contribution < 1.29 is 0 Å². The quantitative estimate of drug-likeness (QED) is 0.268. The lowest BCUT2D eigenvalue weighted by atomic mass is 9.96. The summed E-state index contributed by atoms with van der Waals surface area (Å²) in [6, 6.07) is 32.9. The average molecular weight is 440 g/mol. The Bertz CT molecular complexity index is 1300. The molecule has 1 heterocycles. The van der Waals surface area contributed by atoms with Crippen LogP contribution in [0.15, 0.2) is 95.5 Å². The fourth-order valence-corrected chi connectivity index (χ4v) is 4.60. The number of nitrogens with zero attached hydrogens (tertiary/aromatic N) is 1. The molecule has 0 radical (unpaired) electrons. The van der Waals surface area contributed by atoms with Gasteiger partial charge in [-0.2, -0.15) is 0 Å². The van der Waals surface area contributed by atoms with E-state index in [0.717, 1.165) is 17.4 Å². The van der Waals surface area contributed by atoms with E-state index in [9.17, 15) is 0 Å². The van der Waals surface area contributed by atoms with Crippen molar-refractivity contribution in [2.24, 2.45) is 0 Å². The third-order valence-electron chi connectivity index (χ3n) is 5.66. The van der Waals surface area contributed by atoms with E-state index in [0.29, 0.717) is 0 Å². The molecule has 0 bridgehead atoms. The van der Waals surface area contributed by atoms with Crippen LogP contribution in [0.2, 0.25) is 0 Å². The number of aryl methyl sites for hydroxylation is 1. The molecule has 0 saturated heterocycles. The van der Waals surface area contributed by atoms with E-state index in [1.165, 1.54) is 44.1 Å². The van der Waals surface area contributed by atoms with E-state index < -0.39 is 0 Å². The Kier molecular flexibility index (Phi) is 4.73. The third kappa shape index (κ3) is 3.28. The standard InChI is InChI=1S/C27H22BrN/c1-2-19-15-23(21-11-7-4-8-12-21)27-24-17-22(28)13-14-25(24)29(26(27)16-19)18-20-9-5-3-6-10-20/h3-17H,2,18H2,1H3. The van der Waals surface area contributed by atoms with Crippen molar-refractivity contribution >= 4 is 37.7 Å². The molecule has 1 aromatic heterocycles. The van der Waals surface area contributed by atoms with Crippen molar-refractivity contribution in [3.05, 3.63) is 107 Å². The molecular weight excluding hydrogens is 418 g/mol. The van der Waals surface area contributed by atoms with Crippen molar-refractivity contribution in [2.75, 3.05) is 0 Å². The highest BCUT2D eigenvalue weighted by Gasteiger charge is 2.16. The Hall–Kier alpha value is -2.84. The highest BCUT2D eigenvalue weighted by molar-refractivity contribution is 9.10. The van der Waals surface area contributed by atoms with Crippen LogP contribution in [-0.2, 0) is 13.0 Å². The van der Waals surface area contributed by atoms with E-state index >= 15 is 0 Å². The second-order valence-corrected chi connectivity index (χ2v) is 8.41. The molecule has 0 spiro atoms. The molecule has 0 fully saturated rings. The van der Waals surface area contributed by atoms with Crippen LogP contribution in [0.4, 0.5) is 0 Å². The molecule has 29 heavy (non-hydrogen) atoms. The second kappa shape index (κ2) is 7.53. The van der Waals surface area contributed by atoms with E-state index in [1.807, 2.05) is 0 Å². The Morgan fingerprint density at radius 3 is 2.17 bits per heavy atom. The van der Waals surface area contributed by atoms with Gasteiger partial charge in [0.2, 0.25) is 0 Å². The molecule has 0 saturated carbocycles.